The molecule has 1 heterocycles. The highest BCUT2D eigenvalue weighted by molar-refractivity contribution is 7.11. The first-order valence-corrected chi connectivity index (χ1v) is 6.77. The van der Waals surface area contributed by atoms with Crippen LogP contribution in [0.15, 0.2) is 24.3 Å². The molecule has 2 nitrogen and oxygen atoms in total. The van der Waals surface area contributed by atoms with Crippen LogP contribution in [0.5, 0.6) is 0 Å². The molecule has 1 aromatic carbocycles. The molecule has 0 saturated carbocycles. The second kappa shape index (κ2) is 4.78. The Morgan fingerprint density at radius 1 is 1.31 bits per heavy atom. The molecule has 0 amide bonds. The lowest BCUT2D eigenvalue weighted by atomic mass is 10.1. The Labute approximate surface area is 109 Å². The van der Waals surface area contributed by atoms with Gasteiger partial charge in [0.25, 0.3) is 0 Å². The molecule has 16 heavy (non-hydrogen) atoms. The molecule has 0 spiro atoms. The van der Waals surface area contributed by atoms with E-state index in [0.717, 1.165) is 15.9 Å². The minimum absolute atomic E-state index is 0.293. The predicted molar refractivity (Wildman–Crippen MR) is 73.1 cm³/mol. The lowest BCUT2D eigenvalue weighted by Crippen LogP contribution is -2.38. The van der Waals surface area contributed by atoms with Crippen molar-refractivity contribution in [3.8, 4) is 0 Å². The smallest absolute Gasteiger partial charge is 0.117 e. The molecule has 1 aromatic heterocycles. The van der Waals surface area contributed by atoms with Gasteiger partial charge in [-0.1, -0.05) is 12.1 Å². The van der Waals surface area contributed by atoms with Gasteiger partial charge in [-0.05, 0) is 30.6 Å². The number of anilines is 1. The third-order valence-corrected chi connectivity index (χ3v) is 4.36. The number of fused-ring (bicyclic) bond motifs is 1. The zero-order valence-electron chi connectivity index (χ0n) is 8.84. The van der Waals surface area contributed by atoms with Crippen molar-refractivity contribution in [1.29, 1.82) is 0 Å². The van der Waals surface area contributed by atoms with Crippen LogP contribution in [-0.4, -0.2) is 21.7 Å². The SMILES string of the molecule is CC(CCl)(CCl)Nc1snc2ccccc12. The molecule has 86 valence electrons. The van der Waals surface area contributed by atoms with Crippen LogP contribution in [0, 0.1) is 0 Å². The van der Waals surface area contributed by atoms with E-state index in [1.165, 1.54) is 11.5 Å². The molecule has 0 saturated heterocycles. The van der Waals surface area contributed by atoms with E-state index in [2.05, 4.69) is 9.69 Å². The van der Waals surface area contributed by atoms with Gasteiger partial charge in [-0.15, -0.1) is 23.2 Å². The second-order valence-electron chi connectivity index (χ2n) is 3.98. The summed E-state index contributed by atoms with van der Waals surface area (Å²) in [5.41, 5.74) is 0.708. The lowest BCUT2D eigenvalue weighted by Gasteiger charge is -2.26. The van der Waals surface area contributed by atoms with Gasteiger partial charge in [-0.25, -0.2) is 0 Å². The molecule has 0 aliphatic rings. The van der Waals surface area contributed by atoms with Crippen LogP contribution in [0.4, 0.5) is 5.00 Å². The first-order chi connectivity index (χ1) is 7.68. The predicted octanol–water partition coefficient (Wildman–Crippen LogP) is 3.94. The molecule has 0 unspecified atom stereocenters. The minimum Gasteiger partial charge on any atom is -0.368 e. The average Bonchev–Trinajstić information content (AvgIpc) is 2.73. The van der Waals surface area contributed by atoms with Crippen LogP contribution in [0.2, 0.25) is 0 Å². The van der Waals surface area contributed by atoms with Crippen LogP contribution in [0.3, 0.4) is 0 Å². The van der Waals surface area contributed by atoms with Crippen LogP contribution in [0.25, 0.3) is 10.9 Å². The first kappa shape index (κ1) is 12.0. The van der Waals surface area contributed by atoms with Crippen molar-refractivity contribution in [2.75, 3.05) is 17.1 Å². The molecule has 0 atom stereocenters. The van der Waals surface area contributed by atoms with Crippen molar-refractivity contribution in [3.05, 3.63) is 24.3 Å². The summed E-state index contributed by atoms with van der Waals surface area (Å²) in [6.45, 7) is 2.00. The Bertz CT molecular complexity index is 480. The van der Waals surface area contributed by atoms with Crippen molar-refractivity contribution in [1.82, 2.24) is 4.37 Å². The summed E-state index contributed by atoms with van der Waals surface area (Å²) < 4.78 is 4.36. The standard InChI is InChI=1S/C11H12Cl2N2S/c1-11(6-12,7-13)14-10-8-4-2-3-5-9(8)15-16-10/h2-5,14H,6-7H2,1H3. The maximum Gasteiger partial charge on any atom is 0.117 e. The van der Waals surface area contributed by atoms with Crippen molar-refractivity contribution in [2.45, 2.75) is 12.5 Å². The first-order valence-electron chi connectivity index (χ1n) is 4.93. The molecule has 0 aliphatic carbocycles. The Morgan fingerprint density at radius 2 is 2.00 bits per heavy atom. The number of alkyl halides is 2. The highest BCUT2D eigenvalue weighted by atomic mass is 35.5. The summed E-state index contributed by atoms with van der Waals surface area (Å²) in [5, 5.41) is 5.52. The number of nitrogens with one attached hydrogen (secondary N) is 1. The molecule has 2 aromatic rings. The van der Waals surface area contributed by atoms with Crippen LogP contribution < -0.4 is 5.32 Å². The highest BCUT2D eigenvalue weighted by Gasteiger charge is 2.23. The minimum atomic E-state index is -0.293. The van der Waals surface area contributed by atoms with Gasteiger partial charge in [-0.3, -0.25) is 0 Å². The monoisotopic (exact) mass is 274 g/mol. The van der Waals surface area contributed by atoms with E-state index in [0.29, 0.717) is 11.8 Å². The zero-order chi connectivity index (χ0) is 11.6. The normalized spacial score (nSPS) is 11.9. The summed E-state index contributed by atoms with van der Waals surface area (Å²) >= 11 is 13.3. The summed E-state index contributed by atoms with van der Waals surface area (Å²) in [5.74, 6) is 0.922. The number of nitrogens with zero attached hydrogens (tertiary/aromatic N) is 1. The van der Waals surface area contributed by atoms with Gasteiger partial charge >= 0.3 is 0 Å². The summed E-state index contributed by atoms with van der Waals surface area (Å²) in [6, 6.07) is 8.02. The molecule has 0 radical (unpaired) electrons. The van der Waals surface area contributed by atoms with Gasteiger partial charge in [0.15, 0.2) is 0 Å². The van der Waals surface area contributed by atoms with Crippen LogP contribution in [-0.2, 0) is 0 Å². The van der Waals surface area contributed by atoms with Crippen molar-refractivity contribution in [2.24, 2.45) is 0 Å². The molecule has 2 rings (SSSR count). The quantitative estimate of drug-likeness (QED) is 0.855. The highest BCUT2D eigenvalue weighted by Crippen LogP contribution is 2.30. The van der Waals surface area contributed by atoms with Crippen molar-refractivity contribution < 1.29 is 0 Å². The molecular formula is C11H12Cl2N2S. The Balaban J connectivity index is 2.34. The van der Waals surface area contributed by atoms with Crippen LogP contribution in [0.1, 0.15) is 6.92 Å². The second-order valence-corrected chi connectivity index (χ2v) is 5.29. The van der Waals surface area contributed by atoms with E-state index in [-0.39, 0.29) is 5.54 Å². The van der Waals surface area contributed by atoms with Gasteiger partial charge in [0.05, 0.1) is 11.1 Å². The van der Waals surface area contributed by atoms with Gasteiger partial charge in [0, 0.05) is 17.1 Å². The summed E-state index contributed by atoms with van der Waals surface area (Å²) in [4.78, 5) is 0. The van der Waals surface area contributed by atoms with E-state index < -0.39 is 0 Å². The Morgan fingerprint density at radius 3 is 2.69 bits per heavy atom. The Hall–Kier alpha value is -0.510. The van der Waals surface area contributed by atoms with Gasteiger partial charge in [0.1, 0.15) is 5.00 Å². The molecule has 0 fully saturated rings. The van der Waals surface area contributed by atoms with E-state index in [1.54, 1.807) is 0 Å². The molecular weight excluding hydrogens is 263 g/mol. The van der Waals surface area contributed by atoms with Gasteiger partial charge < -0.3 is 5.32 Å². The molecule has 1 N–H and O–H groups in total. The average molecular weight is 275 g/mol. The van der Waals surface area contributed by atoms with Gasteiger partial charge in [0.2, 0.25) is 0 Å². The number of aromatic nitrogens is 1. The Kier molecular flexibility index (Phi) is 3.57. The molecule has 0 aliphatic heterocycles. The largest absolute Gasteiger partial charge is 0.368 e. The third-order valence-electron chi connectivity index (χ3n) is 2.39. The molecule has 0 bridgehead atoms. The molecule has 5 heteroatoms. The van der Waals surface area contributed by atoms with Crippen LogP contribution >= 0.6 is 34.7 Å². The fourth-order valence-corrected chi connectivity index (χ4v) is 2.69. The van der Waals surface area contributed by atoms with Crippen molar-refractivity contribution >= 4 is 50.6 Å². The maximum atomic E-state index is 5.91. The lowest BCUT2D eigenvalue weighted by molar-refractivity contribution is 0.652. The third kappa shape index (κ3) is 2.26. The zero-order valence-corrected chi connectivity index (χ0v) is 11.2. The fourth-order valence-electron chi connectivity index (χ4n) is 1.36. The number of hydrogen-bond acceptors (Lipinski definition) is 3. The number of halogens is 2. The van der Waals surface area contributed by atoms with E-state index in [4.69, 9.17) is 23.2 Å². The van der Waals surface area contributed by atoms with E-state index in [9.17, 15) is 0 Å². The fraction of sp³-hybridized carbons (Fsp3) is 0.364. The maximum absolute atomic E-state index is 5.91. The number of hydrogen-bond donors (Lipinski definition) is 1. The number of rotatable bonds is 4. The summed E-state index contributed by atoms with van der Waals surface area (Å²) in [6.07, 6.45) is 0. The number of benzene rings is 1. The van der Waals surface area contributed by atoms with Crippen molar-refractivity contribution in [3.63, 3.8) is 0 Å². The van der Waals surface area contributed by atoms with Gasteiger partial charge in [-0.2, -0.15) is 4.37 Å². The van der Waals surface area contributed by atoms with E-state index >= 15 is 0 Å². The van der Waals surface area contributed by atoms with E-state index in [1.807, 2.05) is 31.2 Å². The summed E-state index contributed by atoms with van der Waals surface area (Å²) in [7, 11) is 0. The topological polar surface area (TPSA) is 24.9 Å².